The van der Waals surface area contributed by atoms with Crippen molar-refractivity contribution in [1.82, 2.24) is 10.2 Å². The van der Waals surface area contributed by atoms with Gasteiger partial charge in [-0.2, -0.15) is 0 Å². The molecule has 0 radical (unpaired) electrons. The van der Waals surface area contributed by atoms with Crippen LogP contribution in [0.2, 0.25) is 0 Å². The van der Waals surface area contributed by atoms with E-state index in [1.807, 2.05) is 20.8 Å². The standard InChI is InChI=1S/C18H27FN2O2/c1-18(2,3)23-17(22)21-11-4-5-16(10-12-21)20-13-14-6-8-15(19)9-7-14/h6-9,16,20H,4-5,10-13H2,1-3H3. The number of hydrogen-bond donors (Lipinski definition) is 1. The minimum atomic E-state index is -0.455. The lowest BCUT2D eigenvalue weighted by atomic mass is 10.1. The Morgan fingerprint density at radius 1 is 1.26 bits per heavy atom. The van der Waals surface area contributed by atoms with Crippen molar-refractivity contribution >= 4 is 6.09 Å². The first kappa shape index (κ1) is 17.7. The summed E-state index contributed by atoms with van der Waals surface area (Å²) in [6, 6.07) is 6.92. The number of carbonyl (C=O) groups excluding carboxylic acids is 1. The molecular formula is C18H27FN2O2. The molecule has 1 heterocycles. The topological polar surface area (TPSA) is 41.6 Å². The van der Waals surface area contributed by atoms with E-state index in [1.54, 1.807) is 17.0 Å². The van der Waals surface area contributed by atoms with Crippen molar-refractivity contribution in [3.8, 4) is 0 Å². The van der Waals surface area contributed by atoms with Crippen molar-refractivity contribution in [2.75, 3.05) is 13.1 Å². The molecule has 0 saturated carbocycles. The van der Waals surface area contributed by atoms with Crippen LogP contribution < -0.4 is 5.32 Å². The molecule has 1 fully saturated rings. The predicted molar refractivity (Wildman–Crippen MR) is 88.7 cm³/mol. The molecule has 1 aromatic rings. The van der Waals surface area contributed by atoms with E-state index in [1.165, 1.54) is 12.1 Å². The molecule has 1 unspecified atom stereocenters. The van der Waals surface area contributed by atoms with Gasteiger partial charge in [0.1, 0.15) is 11.4 Å². The average Bonchev–Trinajstić information content (AvgIpc) is 2.70. The van der Waals surface area contributed by atoms with Crippen LogP contribution in [0.5, 0.6) is 0 Å². The molecule has 128 valence electrons. The highest BCUT2D eigenvalue weighted by molar-refractivity contribution is 5.68. The summed E-state index contributed by atoms with van der Waals surface area (Å²) in [4.78, 5) is 13.9. The van der Waals surface area contributed by atoms with E-state index in [2.05, 4.69) is 5.32 Å². The number of hydrogen-bond acceptors (Lipinski definition) is 3. The Morgan fingerprint density at radius 2 is 1.96 bits per heavy atom. The Balaban J connectivity index is 1.79. The molecular weight excluding hydrogens is 295 g/mol. The van der Waals surface area contributed by atoms with Crippen molar-refractivity contribution in [2.45, 2.75) is 58.2 Å². The summed E-state index contributed by atoms with van der Waals surface area (Å²) in [5.41, 5.74) is 0.614. The van der Waals surface area contributed by atoms with Gasteiger partial charge in [0.15, 0.2) is 0 Å². The zero-order valence-corrected chi connectivity index (χ0v) is 14.3. The lowest BCUT2D eigenvalue weighted by molar-refractivity contribution is 0.0256. The number of benzene rings is 1. The third-order valence-corrected chi connectivity index (χ3v) is 3.89. The third-order valence-electron chi connectivity index (χ3n) is 3.89. The molecule has 2 rings (SSSR count). The second-order valence-corrected chi connectivity index (χ2v) is 7.10. The molecule has 0 aliphatic carbocycles. The molecule has 1 saturated heterocycles. The Hall–Kier alpha value is -1.62. The Kier molecular flexibility index (Phi) is 5.99. The smallest absolute Gasteiger partial charge is 0.410 e. The summed E-state index contributed by atoms with van der Waals surface area (Å²) in [5, 5.41) is 3.50. The molecule has 0 spiro atoms. The molecule has 23 heavy (non-hydrogen) atoms. The average molecular weight is 322 g/mol. The normalized spacial score (nSPS) is 19.3. The first-order valence-electron chi connectivity index (χ1n) is 8.29. The fourth-order valence-corrected chi connectivity index (χ4v) is 2.67. The molecule has 1 aliphatic heterocycles. The summed E-state index contributed by atoms with van der Waals surface area (Å²) >= 11 is 0. The summed E-state index contributed by atoms with van der Waals surface area (Å²) in [6.07, 6.45) is 2.66. The van der Waals surface area contributed by atoms with Crippen molar-refractivity contribution in [3.63, 3.8) is 0 Å². The highest BCUT2D eigenvalue weighted by atomic mass is 19.1. The van der Waals surface area contributed by atoms with Crippen molar-refractivity contribution in [1.29, 1.82) is 0 Å². The molecule has 1 aliphatic rings. The van der Waals surface area contributed by atoms with Crippen molar-refractivity contribution in [3.05, 3.63) is 35.6 Å². The Morgan fingerprint density at radius 3 is 2.61 bits per heavy atom. The van der Waals surface area contributed by atoms with Crippen LogP contribution in [-0.2, 0) is 11.3 Å². The summed E-state index contributed by atoms with van der Waals surface area (Å²) in [7, 11) is 0. The van der Waals surface area contributed by atoms with Crippen LogP contribution in [0.4, 0.5) is 9.18 Å². The van der Waals surface area contributed by atoms with Gasteiger partial charge in [-0.05, 0) is 57.7 Å². The lowest BCUT2D eigenvalue weighted by Crippen LogP contribution is -2.38. The highest BCUT2D eigenvalue weighted by Gasteiger charge is 2.24. The quantitative estimate of drug-likeness (QED) is 0.922. The maximum absolute atomic E-state index is 12.9. The largest absolute Gasteiger partial charge is 0.444 e. The zero-order valence-electron chi connectivity index (χ0n) is 14.3. The van der Waals surface area contributed by atoms with E-state index < -0.39 is 5.60 Å². The molecule has 1 amide bonds. The van der Waals surface area contributed by atoms with Gasteiger partial charge in [0.25, 0.3) is 0 Å². The summed E-state index contributed by atoms with van der Waals surface area (Å²) in [6.45, 7) is 7.82. The van der Waals surface area contributed by atoms with E-state index >= 15 is 0 Å². The second-order valence-electron chi connectivity index (χ2n) is 7.10. The Labute approximate surface area is 138 Å². The summed E-state index contributed by atoms with van der Waals surface area (Å²) < 4.78 is 18.3. The van der Waals surface area contributed by atoms with Gasteiger partial charge in [-0.3, -0.25) is 0 Å². The minimum Gasteiger partial charge on any atom is -0.444 e. The van der Waals surface area contributed by atoms with Gasteiger partial charge < -0.3 is 15.0 Å². The monoisotopic (exact) mass is 322 g/mol. The van der Waals surface area contributed by atoms with Gasteiger partial charge in [-0.1, -0.05) is 12.1 Å². The fourth-order valence-electron chi connectivity index (χ4n) is 2.67. The van der Waals surface area contributed by atoms with Crippen LogP contribution in [-0.4, -0.2) is 35.7 Å². The van der Waals surface area contributed by atoms with Crippen LogP contribution in [0.25, 0.3) is 0 Å². The number of likely N-dealkylation sites (tertiary alicyclic amines) is 1. The number of carbonyl (C=O) groups is 1. The van der Waals surface area contributed by atoms with E-state index in [0.717, 1.165) is 37.9 Å². The van der Waals surface area contributed by atoms with E-state index in [-0.39, 0.29) is 11.9 Å². The van der Waals surface area contributed by atoms with Crippen LogP contribution in [0.15, 0.2) is 24.3 Å². The number of halogens is 1. The number of nitrogens with zero attached hydrogens (tertiary/aromatic N) is 1. The van der Waals surface area contributed by atoms with Crippen molar-refractivity contribution < 1.29 is 13.9 Å². The van der Waals surface area contributed by atoms with Crippen LogP contribution in [0.3, 0.4) is 0 Å². The zero-order chi connectivity index (χ0) is 16.9. The van der Waals surface area contributed by atoms with E-state index in [9.17, 15) is 9.18 Å². The molecule has 1 N–H and O–H groups in total. The van der Waals surface area contributed by atoms with E-state index in [4.69, 9.17) is 4.74 Å². The van der Waals surface area contributed by atoms with Gasteiger partial charge in [0.05, 0.1) is 0 Å². The van der Waals surface area contributed by atoms with Crippen LogP contribution in [0, 0.1) is 5.82 Å². The first-order chi connectivity index (χ1) is 10.8. The fraction of sp³-hybridized carbons (Fsp3) is 0.611. The number of rotatable bonds is 3. The Bertz CT molecular complexity index is 511. The second kappa shape index (κ2) is 7.77. The molecule has 1 atom stereocenters. The van der Waals surface area contributed by atoms with Gasteiger partial charge in [0.2, 0.25) is 0 Å². The predicted octanol–water partition coefficient (Wildman–Crippen LogP) is 3.70. The molecule has 0 bridgehead atoms. The maximum atomic E-state index is 12.9. The van der Waals surface area contributed by atoms with Crippen LogP contribution >= 0.6 is 0 Å². The lowest BCUT2D eigenvalue weighted by Gasteiger charge is -2.26. The molecule has 1 aromatic carbocycles. The van der Waals surface area contributed by atoms with Gasteiger partial charge in [-0.15, -0.1) is 0 Å². The SMILES string of the molecule is CC(C)(C)OC(=O)N1CCCC(NCc2ccc(F)cc2)CC1. The minimum absolute atomic E-state index is 0.212. The molecule has 4 nitrogen and oxygen atoms in total. The summed E-state index contributed by atoms with van der Waals surface area (Å²) in [5.74, 6) is -0.212. The van der Waals surface area contributed by atoms with Crippen LogP contribution in [0.1, 0.15) is 45.6 Å². The first-order valence-corrected chi connectivity index (χ1v) is 8.29. The molecule has 5 heteroatoms. The van der Waals surface area contributed by atoms with Gasteiger partial charge in [0, 0.05) is 25.7 Å². The van der Waals surface area contributed by atoms with Gasteiger partial charge >= 0.3 is 6.09 Å². The van der Waals surface area contributed by atoms with Crippen molar-refractivity contribution in [2.24, 2.45) is 0 Å². The maximum Gasteiger partial charge on any atom is 0.410 e. The molecule has 0 aromatic heterocycles. The number of ether oxygens (including phenoxy) is 1. The number of amides is 1. The van der Waals surface area contributed by atoms with Gasteiger partial charge in [-0.25, -0.2) is 9.18 Å². The third kappa shape index (κ3) is 6.18. The number of nitrogens with one attached hydrogen (secondary N) is 1. The highest BCUT2D eigenvalue weighted by Crippen LogP contribution is 2.16. The van der Waals surface area contributed by atoms with E-state index in [0.29, 0.717) is 12.6 Å².